The Morgan fingerprint density at radius 1 is 1.44 bits per heavy atom. The van der Waals surface area contributed by atoms with E-state index < -0.39 is 10.2 Å². The van der Waals surface area contributed by atoms with E-state index in [2.05, 4.69) is 10.0 Å². The number of nitrogens with zero attached hydrogens (tertiary/aromatic N) is 1. The van der Waals surface area contributed by atoms with Crippen molar-refractivity contribution in [2.45, 2.75) is 38.3 Å². The minimum atomic E-state index is -3.34. The van der Waals surface area contributed by atoms with E-state index >= 15 is 0 Å². The smallest absolute Gasteiger partial charge is 0.279 e. The molecule has 106 valence electrons. The van der Waals surface area contributed by atoms with Gasteiger partial charge >= 0.3 is 0 Å². The predicted octanol–water partition coefficient (Wildman–Crippen LogP) is -0.316. The lowest BCUT2D eigenvalue weighted by atomic mass is 10.1. The van der Waals surface area contributed by atoms with Crippen molar-refractivity contribution < 1.29 is 13.2 Å². The third kappa shape index (κ3) is 3.64. The van der Waals surface area contributed by atoms with Gasteiger partial charge in [0.05, 0.1) is 13.2 Å². The van der Waals surface area contributed by atoms with Crippen molar-refractivity contribution in [2.75, 3.05) is 32.8 Å². The van der Waals surface area contributed by atoms with Crippen LogP contribution in [0.25, 0.3) is 0 Å². The maximum absolute atomic E-state index is 12.2. The van der Waals surface area contributed by atoms with Crippen molar-refractivity contribution >= 4 is 10.2 Å². The fourth-order valence-electron chi connectivity index (χ4n) is 2.47. The van der Waals surface area contributed by atoms with Crippen LogP contribution in [0.5, 0.6) is 0 Å². The summed E-state index contributed by atoms with van der Waals surface area (Å²) in [6, 6.07) is 0.181. The number of ether oxygens (including phenoxy) is 1. The molecule has 2 heterocycles. The summed E-state index contributed by atoms with van der Waals surface area (Å²) in [5, 5.41) is 3.24. The van der Waals surface area contributed by atoms with Gasteiger partial charge in [0.15, 0.2) is 0 Å². The Hall–Kier alpha value is -0.210. The van der Waals surface area contributed by atoms with Gasteiger partial charge in [-0.2, -0.15) is 12.7 Å². The average molecular weight is 277 g/mol. The zero-order valence-corrected chi connectivity index (χ0v) is 11.7. The molecule has 6 nitrogen and oxygen atoms in total. The molecule has 2 rings (SSSR count). The molecule has 2 atom stereocenters. The van der Waals surface area contributed by atoms with Crippen LogP contribution in [0.1, 0.15) is 26.2 Å². The standard InChI is InChI=1S/C11H23N3O3S/c1-10-4-2-3-6-14(10)18(15,16)13-8-11-9-17-7-5-12-11/h10-13H,2-9H2,1H3. The molecule has 0 aromatic rings. The fourth-order valence-corrected chi connectivity index (χ4v) is 3.99. The molecule has 0 saturated carbocycles. The fraction of sp³-hybridized carbons (Fsp3) is 1.00. The molecule has 0 aliphatic carbocycles. The Morgan fingerprint density at radius 2 is 2.28 bits per heavy atom. The molecule has 0 aromatic heterocycles. The lowest BCUT2D eigenvalue weighted by molar-refractivity contribution is 0.0782. The van der Waals surface area contributed by atoms with Gasteiger partial charge in [-0.3, -0.25) is 0 Å². The maximum Gasteiger partial charge on any atom is 0.279 e. The van der Waals surface area contributed by atoms with E-state index in [1.807, 2.05) is 6.92 Å². The molecule has 2 N–H and O–H groups in total. The highest BCUT2D eigenvalue weighted by Crippen LogP contribution is 2.18. The Labute approximate surface area is 109 Å². The van der Waals surface area contributed by atoms with Crippen LogP contribution in [0.3, 0.4) is 0 Å². The number of piperidine rings is 1. The van der Waals surface area contributed by atoms with E-state index in [-0.39, 0.29) is 12.1 Å². The van der Waals surface area contributed by atoms with Gasteiger partial charge in [-0.15, -0.1) is 0 Å². The molecular weight excluding hydrogens is 254 g/mol. The first-order chi connectivity index (χ1) is 8.59. The van der Waals surface area contributed by atoms with Gasteiger partial charge in [0.1, 0.15) is 0 Å². The zero-order chi connectivity index (χ0) is 13.0. The van der Waals surface area contributed by atoms with Crippen LogP contribution < -0.4 is 10.0 Å². The summed E-state index contributed by atoms with van der Waals surface area (Å²) in [6.45, 7) is 5.05. The van der Waals surface area contributed by atoms with E-state index in [0.29, 0.717) is 26.3 Å². The van der Waals surface area contributed by atoms with E-state index in [0.717, 1.165) is 25.8 Å². The van der Waals surface area contributed by atoms with Crippen molar-refractivity contribution in [3.05, 3.63) is 0 Å². The molecule has 0 spiro atoms. The minimum absolute atomic E-state index is 0.0774. The Balaban J connectivity index is 1.85. The van der Waals surface area contributed by atoms with E-state index in [1.54, 1.807) is 4.31 Å². The van der Waals surface area contributed by atoms with Gasteiger partial charge < -0.3 is 10.1 Å². The highest BCUT2D eigenvalue weighted by molar-refractivity contribution is 7.87. The molecular formula is C11H23N3O3S. The van der Waals surface area contributed by atoms with Gasteiger partial charge in [0.2, 0.25) is 0 Å². The lowest BCUT2D eigenvalue weighted by Crippen LogP contribution is -2.53. The number of rotatable bonds is 4. The highest BCUT2D eigenvalue weighted by Gasteiger charge is 2.29. The second kappa shape index (κ2) is 6.29. The van der Waals surface area contributed by atoms with Gasteiger partial charge in [-0.25, -0.2) is 4.72 Å². The zero-order valence-electron chi connectivity index (χ0n) is 10.9. The van der Waals surface area contributed by atoms with Crippen molar-refractivity contribution in [1.29, 1.82) is 0 Å². The van der Waals surface area contributed by atoms with E-state index in [1.165, 1.54) is 0 Å². The van der Waals surface area contributed by atoms with Crippen LogP contribution in [0.15, 0.2) is 0 Å². The van der Waals surface area contributed by atoms with Crippen molar-refractivity contribution in [3.8, 4) is 0 Å². The predicted molar refractivity (Wildman–Crippen MR) is 69.6 cm³/mol. The molecule has 2 saturated heterocycles. The SMILES string of the molecule is CC1CCCCN1S(=O)(=O)NCC1COCCN1. The second-order valence-corrected chi connectivity index (χ2v) is 6.74. The maximum atomic E-state index is 12.2. The summed E-state index contributed by atoms with van der Waals surface area (Å²) >= 11 is 0. The first kappa shape index (κ1) is 14.2. The van der Waals surface area contributed by atoms with Gasteiger partial charge in [0.25, 0.3) is 10.2 Å². The summed E-state index contributed by atoms with van der Waals surface area (Å²) in [7, 11) is -3.34. The summed E-state index contributed by atoms with van der Waals surface area (Å²) in [5.74, 6) is 0. The van der Waals surface area contributed by atoms with Gasteiger partial charge in [-0.05, 0) is 19.8 Å². The van der Waals surface area contributed by atoms with Gasteiger partial charge in [-0.1, -0.05) is 6.42 Å². The first-order valence-corrected chi connectivity index (χ1v) is 8.11. The molecule has 2 unspecified atom stereocenters. The normalized spacial score (nSPS) is 31.4. The summed E-state index contributed by atoms with van der Waals surface area (Å²) in [6.07, 6.45) is 3.02. The Morgan fingerprint density at radius 3 is 2.94 bits per heavy atom. The Kier molecular flexibility index (Phi) is 4.97. The second-order valence-electron chi connectivity index (χ2n) is 5.03. The van der Waals surface area contributed by atoms with Gasteiger partial charge in [0, 0.05) is 31.7 Å². The third-order valence-corrected chi connectivity index (χ3v) is 5.25. The average Bonchev–Trinajstić information content (AvgIpc) is 2.38. The van der Waals surface area contributed by atoms with Crippen LogP contribution in [0.2, 0.25) is 0 Å². The molecule has 0 radical (unpaired) electrons. The number of hydrogen-bond donors (Lipinski definition) is 2. The number of morpholine rings is 1. The summed E-state index contributed by atoms with van der Waals surface area (Å²) in [5.41, 5.74) is 0. The topological polar surface area (TPSA) is 70.7 Å². The van der Waals surface area contributed by atoms with Crippen LogP contribution in [0.4, 0.5) is 0 Å². The van der Waals surface area contributed by atoms with Crippen molar-refractivity contribution in [1.82, 2.24) is 14.3 Å². The molecule has 18 heavy (non-hydrogen) atoms. The summed E-state index contributed by atoms with van der Waals surface area (Å²) < 4.78 is 33.9. The van der Waals surface area contributed by atoms with E-state index in [9.17, 15) is 8.42 Å². The quantitative estimate of drug-likeness (QED) is 0.739. The molecule has 0 aromatic carbocycles. The Bertz CT molecular complexity index is 355. The highest BCUT2D eigenvalue weighted by atomic mass is 32.2. The molecule has 0 amide bonds. The molecule has 0 bridgehead atoms. The summed E-state index contributed by atoms with van der Waals surface area (Å²) in [4.78, 5) is 0. The first-order valence-electron chi connectivity index (χ1n) is 6.67. The monoisotopic (exact) mass is 277 g/mol. The minimum Gasteiger partial charge on any atom is -0.378 e. The van der Waals surface area contributed by atoms with Crippen LogP contribution in [-0.2, 0) is 14.9 Å². The van der Waals surface area contributed by atoms with Crippen LogP contribution >= 0.6 is 0 Å². The number of hydrogen-bond acceptors (Lipinski definition) is 4. The molecule has 2 fully saturated rings. The lowest BCUT2D eigenvalue weighted by Gasteiger charge is -2.33. The van der Waals surface area contributed by atoms with Crippen LogP contribution in [-0.4, -0.2) is 57.7 Å². The number of nitrogens with one attached hydrogen (secondary N) is 2. The molecule has 2 aliphatic heterocycles. The van der Waals surface area contributed by atoms with Crippen molar-refractivity contribution in [3.63, 3.8) is 0 Å². The third-order valence-electron chi connectivity index (χ3n) is 3.56. The van der Waals surface area contributed by atoms with Crippen molar-refractivity contribution in [2.24, 2.45) is 0 Å². The largest absolute Gasteiger partial charge is 0.378 e. The molecule has 7 heteroatoms. The molecule has 2 aliphatic rings. The van der Waals surface area contributed by atoms with Crippen LogP contribution in [0, 0.1) is 0 Å². The van der Waals surface area contributed by atoms with E-state index in [4.69, 9.17) is 4.74 Å².